The van der Waals surface area contributed by atoms with Gasteiger partial charge in [-0.15, -0.1) is 0 Å². The van der Waals surface area contributed by atoms with Gasteiger partial charge in [-0.05, 0) is 62.6 Å². The minimum atomic E-state index is -3.88. The van der Waals surface area contributed by atoms with Crippen LogP contribution in [0.2, 0.25) is 0 Å². The molecule has 0 aliphatic carbocycles. The molecule has 1 amide bonds. The highest BCUT2D eigenvalue weighted by Crippen LogP contribution is 2.30. The van der Waals surface area contributed by atoms with Crippen LogP contribution < -0.4 is 14.8 Å². The zero-order valence-corrected chi connectivity index (χ0v) is 18.0. The third-order valence-electron chi connectivity index (χ3n) is 4.04. The normalized spacial score (nSPS) is 12.0. The molecule has 0 unspecified atom stereocenters. The van der Waals surface area contributed by atoms with Gasteiger partial charge in [-0.2, -0.15) is 0 Å². The predicted octanol–water partition coefficient (Wildman–Crippen LogP) is 4.15. The Morgan fingerprint density at radius 3 is 2.29 bits per heavy atom. The maximum Gasteiger partial charge on any atom is 0.261 e. The van der Waals surface area contributed by atoms with E-state index in [0.29, 0.717) is 5.75 Å². The molecule has 0 aliphatic rings. The number of rotatable bonds is 6. The molecular weight excluding hydrogens is 376 g/mol. The topological polar surface area (TPSA) is 84.5 Å². The van der Waals surface area contributed by atoms with Gasteiger partial charge in [-0.1, -0.05) is 26.0 Å². The number of amides is 1. The summed E-state index contributed by atoms with van der Waals surface area (Å²) in [6.07, 6.45) is 0. The molecule has 2 aromatic rings. The molecule has 152 valence electrons. The van der Waals surface area contributed by atoms with Gasteiger partial charge in [-0.3, -0.25) is 9.52 Å². The second-order valence-corrected chi connectivity index (χ2v) is 9.60. The quantitative estimate of drug-likeness (QED) is 0.757. The van der Waals surface area contributed by atoms with E-state index in [1.807, 2.05) is 34.6 Å². The molecule has 6 nitrogen and oxygen atoms in total. The first-order valence-corrected chi connectivity index (χ1v) is 10.6. The van der Waals surface area contributed by atoms with Gasteiger partial charge >= 0.3 is 0 Å². The van der Waals surface area contributed by atoms with Crippen molar-refractivity contribution in [2.45, 2.75) is 51.0 Å². The molecule has 0 radical (unpaired) electrons. The van der Waals surface area contributed by atoms with Crippen LogP contribution in [0.3, 0.4) is 0 Å². The van der Waals surface area contributed by atoms with Crippen molar-refractivity contribution in [3.8, 4) is 5.75 Å². The van der Waals surface area contributed by atoms with E-state index in [0.717, 1.165) is 5.56 Å². The number of ether oxygens (including phenoxy) is 1. The number of hydrogen-bond donors (Lipinski definition) is 2. The van der Waals surface area contributed by atoms with Crippen molar-refractivity contribution in [3.63, 3.8) is 0 Å². The summed E-state index contributed by atoms with van der Waals surface area (Å²) < 4.78 is 33.8. The lowest BCUT2D eigenvalue weighted by Crippen LogP contribution is -2.40. The molecule has 0 heterocycles. The van der Waals surface area contributed by atoms with Gasteiger partial charge in [0.05, 0.1) is 23.3 Å². The fraction of sp³-hybridized carbons (Fsp3) is 0.381. The summed E-state index contributed by atoms with van der Waals surface area (Å²) >= 11 is 0. The van der Waals surface area contributed by atoms with Gasteiger partial charge in [0.15, 0.2) is 0 Å². The zero-order chi connectivity index (χ0) is 21.1. The predicted molar refractivity (Wildman–Crippen MR) is 112 cm³/mol. The SMILES string of the molecule is COc1ccc(S(=O)(=O)Nc2ccccc2C(=O)NC(C)(C)C)cc1C(C)C. The minimum Gasteiger partial charge on any atom is -0.496 e. The van der Waals surface area contributed by atoms with Gasteiger partial charge < -0.3 is 10.1 Å². The molecule has 0 saturated heterocycles. The summed E-state index contributed by atoms with van der Waals surface area (Å²) in [5, 5.41) is 2.85. The lowest BCUT2D eigenvalue weighted by atomic mass is 10.0. The van der Waals surface area contributed by atoms with Crippen molar-refractivity contribution in [1.29, 1.82) is 0 Å². The maximum absolute atomic E-state index is 13.0. The summed E-state index contributed by atoms with van der Waals surface area (Å²) in [5.41, 5.74) is 0.847. The van der Waals surface area contributed by atoms with Crippen molar-refractivity contribution < 1.29 is 17.9 Å². The highest BCUT2D eigenvalue weighted by atomic mass is 32.2. The number of hydrogen-bond acceptors (Lipinski definition) is 4. The number of sulfonamides is 1. The van der Waals surface area contributed by atoms with E-state index in [9.17, 15) is 13.2 Å². The molecule has 2 aromatic carbocycles. The first kappa shape index (κ1) is 21.8. The van der Waals surface area contributed by atoms with Gasteiger partial charge in [0.1, 0.15) is 5.75 Å². The van der Waals surface area contributed by atoms with Crippen LogP contribution in [0.1, 0.15) is 56.5 Å². The molecule has 0 fully saturated rings. The van der Waals surface area contributed by atoms with Crippen molar-refractivity contribution >= 4 is 21.6 Å². The first-order valence-electron chi connectivity index (χ1n) is 9.07. The Balaban J connectivity index is 2.41. The molecule has 28 heavy (non-hydrogen) atoms. The van der Waals surface area contributed by atoms with E-state index in [-0.39, 0.29) is 28.0 Å². The molecule has 0 aliphatic heterocycles. The Hall–Kier alpha value is -2.54. The van der Waals surface area contributed by atoms with E-state index in [1.165, 1.54) is 6.07 Å². The number of para-hydroxylation sites is 1. The summed E-state index contributed by atoms with van der Waals surface area (Å²) in [6.45, 7) is 9.52. The number of methoxy groups -OCH3 is 1. The number of nitrogens with one attached hydrogen (secondary N) is 2. The van der Waals surface area contributed by atoms with Crippen molar-refractivity contribution in [2.24, 2.45) is 0 Å². The molecule has 0 spiro atoms. The van der Waals surface area contributed by atoms with Crippen LogP contribution in [0.15, 0.2) is 47.4 Å². The van der Waals surface area contributed by atoms with E-state index in [4.69, 9.17) is 4.74 Å². The van der Waals surface area contributed by atoms with Crippen molar-refractivity contribution in [1.82, 2.24) is 5.32 Å². The third kappa shape index (κ3) is 5.25. The largest absolute Gasteiger partial charge is 0.496 e. The molecular formula is C21H28N2O4S. The zero-order valence-electron chi connectivity index (χ0n) is 17.2. The van der Waals surface area contributed by atoms with Crippen LogP contribution in [0, 0.1) is 0 Å². The smallest absolute Gasteiger partial charge is 0.261 e. The number of carbonyl (C=O) groups is 1. The minimum absolute atomic E-state index is 0.0925. The molecule has 0 aromatic heterocycles. The van der Waals surface area contributed by atoms with Crippen molar-refractivity contribution in [2.75, 3.05) is 11.8 Å². The van der Waals surface area contributed by atoms with E-state index < -0.39 is 15.6 Å². The lowest BCUT2D eigenvalue weighted by molar-refractivity contribution is 0.0920. The van der Waals surface area contributed by atoms with Gasteiger partial charge in [0, 0.05) is 5.54 Å². The molecule has 2 rings (SSSR count). The van der Waals surface area contributed by atoms with Gasteiger partial charge in [0.2, 0.25) is 0 Å². The monoisotopic (exact) mass is 404 g/mol. The van der Waals surface area contributed by atoms with Crippen LogP contribution >= 0.6 is 0 Å². The molecule has 0 bridgehead atoms. The second-order valence-electron chi connectivity index (χ2n) is 7.91. The van der Waals surface area contributed by atoms with Gasteiger partial charge in [-0.25, -0.2) is 8.42 Å². The average Bonchev–Trinajstić information content (AvgIpc) is 2.59. The maximum atomic E-state index is 13.0. The fourth-order valence-corrected chi connectivity index (χ4v) is 3.83. The first-order chi connectivity index (χ1) is 12.9. The van der Waals surface area contributed by atoms with E-state index in [1.54, 1.807) is 43.5 Å². The highest BCUT2D eigenvalue weighted by molar-refractivity contribution is 7.92. The van der Waals surface area contributed by atoms with Crippen LogP contribution in [0.25, 0.3) is 0 Å². The Labute approximate surface area is 167 Å². The highest BCUT2D eigenvalue weighted by Gasteiger charge is 2.22. The van der Waals surface area contributed by atoms with E-state index in [2.05, 4.69) is 10.0 Å². The average molecular weight is 405 g/mol. The third-order valence-corrected chi connectivity index (χ3v) is 5.40. The summed E-state index contributed by atoms with van der Waals surface area (Å²) in [6, 6.07) is 11.3. The van der Waals surface area contributed by atoms with Crippen LogP contribution in [0.5, 0.6) is 5.75 Å². The second kappa shape index (κ2) is 8.22. The summed E-state index contributed by atoms with van der Waals surface area (Å²) in [4.78, 5) is 12.7. The Bertz CT molecular complexity index is 961. The molecule has 7 heteroatoms. The number of anilines is 1. The van der Waals surface area contributed by atoms with Gasteiger partial charge in [0.25, 0.3) is 15.9 Å². The summed E-state index contributed by atoms with van der Waals surface area (Å²) in [7, 11) is -2.33. The molecule has 0 atom stereocenters. The lowest BCUT2D eigenvalue weighted by Gasteiger charge is -2.22. The Morgan fingerprint density at radius 2 is 1.71 bits per heavy atom. The van der Waals surface area contributed by atoms with Crippen molar-refractivity contribution in [3.05, 3.63) is 53.6 Å². The Kier molecular flexibility index (Phi) is 6.39. The molecule has 2 N–H and O–H groups in total. The standard InChI is InChI=1S/C21H28N2O4S/c1-14(2)17-13-15(11-12-19(17)27-6)28(25,26)23-18-10-8-7-9-16(18)20(24)22-21(3,4)5/h7-14,23H,1-6H3,(H,22,24). The fourth-order valence-electron chi connectivity index (χ4n) is 2.71. The van der Waals surface area contributed by atoms with Crippen LogP contribution in [-0.2, 0) is 10.0 Å². The summed E-state index contributed by atoms with van der Waals surface area (Å²) in [5.74, 6) is 0.386. The molecule has 0 saturated carbocycles. The number of carbonyl (C=O) groups excluding carboxylic acids is 1. The number of benzene rings is 2. The Morgan fingerprint density at radius 1 is 1.07 bits per heavy atom. The van der Waals surface area contributed by atoms with Crippen LogP contribution in [-0.4, -0.2) is 27.0 Å². The van der Waals surface area contributed by atoms with Crippen LogP contribution in [0.4, 0.5) is 5.69 Å². The van der Waals surface area contributed by atoms with E-state index >= 15 is 0 Å².